The first-order chi connectivity index (χ1) is 14.7. The lowest BCUT2D eigenvalue weighted by Gasteiger charge is -2.07. The quantitative estimate of drug-likeness (QED) is 0.294. The third kappa shape index (κ3) is 6.97. The number of nitro groups is 2. The number of aromatic nitrogens is 2. The molecule has 0 atom stereocenters. The van der Waals surface area contributed by atoms with Crippen LogP contribution in [-0.4, -0.2) is 19.8 Å². The Hall–Kier alpha value is -4.19. The molecule has 0 aliphatic heterocycles. The molecule has 0 radical (unpaired) electrons. The van der Waals surface area contributed by atoms with Crippen LogP contribution in [-0.2, 0) is 0 Å². The van der Waals surface area contributed by atoms with Crippen LogP contribution >= 0.6 is 11.6 Å². The molecule has 164 valence electrons. The lowest BCUT2D eigenvalue weighted by Crippen LogP contribution is -2.00. The Bertz CT molecular complexity index is 1030. The minimum absolute atomic E-state index is 0.00231. The Morgan fingerprint density at radius 2 is 1.32 bits per heavy atom. The van der Waals surface area contributed by atoms with Gasteiger partial charge in [0.05, 0.1) is 9.85 Å². The zero-order chi connectivity index (χ0) is 23.6. The summed E-state index contributed by atoms with van der Waals surface area (Å²) < 4.78 is 5.39. The molecule has 12 nitrogen and oxygen atoms in total. The van der Waals surface area contributed by atoms with Crippen LogP contribution in [0.2, 0.25) is 5.02 Å². The van der Waals surface area contributed by atoms with E-state index in [4.69, 9.17) is 33.5 Å². The number of pyridine rings is 2. The lowest BCUT2D eigenvalue weighted by atomic mass is 10.3. The Kier molecular flexibility index (Phi) is 9.40. The molecule has 2 aromatic heterocycles. The number of benzene rings is 1. The zero-order valence-corrected chi connectivity index (χ0v) is 17.3. The maximum absolute atomic E-state index is 10.9. The van der Waals surface area contributed by atoms with Crippen LogP contribution in [0.3, 0.4) is 0 Å². The highest BCUT2D eigenvalue weighted by molar-refractivity contribution is 6.33. The molecule has 1 aromatic carbocycles. The Morgan fingerprint density at radius 3 is 1.77 bits per heavy atom. The third-order valence-corrected chi connectivity index (χ3v) is 3.60. The van der Waals surface area contributed by atoms with Gasteiger partial charge in [-0.2, -0.15) is 0 Å². The van der Waals surface area contributed by atoms with Gasteiger partial charge in [0.1, 0.15) is 10.8 Å². The first-order valence-corrected chi connectivity index (χ1v) is 9.05. The first kappa shape index (κ1) is 24.8. The second-order valence-electron chi connectivity index (χ2n) is 5.25. The van der Waals surface area contributed by atoms with Crippen LogP contribution in [0.1, 0.15) is 13.8 Å². The number of nitrogens with two attached hydrogens (primary N) is 3. The number of rotatable bonds is 4. The standard InChI is InChI=1S/C11H10N4O3.C5H4ClN3O2.C2H6/c12-7-1-3-8(4-2-7)18-9-5-6-14-11(13)10(9)15(16)17;6-3-1-2-8-5(7)4(3)9(10)11;1-2/h1-6H,12H2,(H2,13,14);1-2H,(H2,7,8);1-2H3. The predicted molar refractivity (Wildman–Crippen MR) is 118 cm³/mol. The number of nitrogen functional groups attached to an aromatic ring is 3. The van der Waals surface area contributed by atoms with Crippen molar-refractivity contribution in [1.29, 1.82) is 0 Å². The van der Waals surface area contributed by atoms with Crippen molar-refractivity contribution >= 4 is 40.3 Å². The molecule has 0 aliphatic rings. The van der Waals surface area contributed by atoms with Crippen molar-refractivity contribution in [2.45, 2.75) is 13.8 Å². The fourth-order valence-electron chi connectivity index (χ4n) is 2.01. The van der Waals surface area contributed by atoms with E-state index in [9.17, 15) is 20.2 Å². The van der Waals surface area contributed by atoms with Gasteiger partial charge in [-0.3, -0.25) is 20.2 Å². The molecular formula is C18H20ClN7O5. The molecule has 0 spiro atoms. The van der Waals surface area contributed by atoms with E-state index in [0.717, 1.165) is 0 Å². The highest BCUT2D eigenvalue weighted by Gasteiger charge is 2.21. The van der Waals surface area contributed by atoms with E-state index in [0.29, 0.717) is 11.4 Å². The largest absolute Gasteiger partial charge is 0.450 e. The van der Waals surface area contributed by atoms with E-state index in [-0.39, 0.29) is 33.8 Å². The summed E-state index contributed by atoms with van der Waals surface area (Å²) in [6, 6.07) is 9.17. The summed E-state index contributed by atoms with van der Waals surface area (Å²) in [5, 5.41) is 21.1. The summed E-state index contributed by atoms with van der Waals surface area (Å²) in [6.45, 7) is 4.00. The minimum atomic E-state index is -0.662. The molecule has 3 aromatic rings. The average molecular weight is 450 g/mol. The van der Waals surface area contributed by atoms with Crippen LogP contribution in [0.25, 0.3) is 0 Å². The molecule has 0 saturated carbocycles. The van der Waals surface area contributed by atoms with E-state index >= 15 is 0 Å². The second kappa shape index (κ2) is 11.7. The summed E-state index contributed by atoms with van der Waals surface area (Å²) in [7, 11) is 0. The van der Waals surface area contributed by atoms with E-state index in [1.54, 1.807) is 24.3 Å². The Labute approximate surface area is 181 Å². The minimum Gasteiger partial charge on any atom is -0.450 e. The fourth-order valence-corrected chi connectivity index (χ4v) is 2.23. The summed E-state index contributed by atoms with van der Waals surface area (Å²) in [5.74, 6) is 0.116. The summed E-state index contributed by atoms with van der Waals surface area (Å²) in [6.07, 6.45) is 2.65. The molecule has 3 rings (SSSR count). The molecule has 0 saturated heterocycles. The molecule has 2 heterocycles. The molecule has 0 amide bonds. The van der Waals surface area contributed by atoms with Gasteiger partial charge in [0.25, 0.3) is 0 Å². The highest BCUT2D eigenvalue weighted by Crippen LogP contribution is 2.34. The molecule has 0 aliphatic carbocycles. The summed E-state index contributed by atoms with van der Waals surface area (Å²) in [4.78, 5) is 27.0. The Morgan fingerprint density at radius 1 is 0.839 bits per heavy atom. The third-order valence-electron chi connectivity index (χ3n) is 3.29. The summed E-state index contributed by atoms with van der Waals surface area (Å²) in [5.41, 5.74) is 16.0. The van der Waals surface area contributed by atoms with E-state index in [2.05, 4.69) is 9.97 Å². The van der Waals surface area contributed by atoms with E-state index in [1.807, 2.05) is 13.8 Å². The highest BCUT2D eigenvalue weighted by atomic mass is 35.5. The van der Waals surface area contributed by atoms with Crippen molar-refractivity contribution in [3.63, 3.8) is 0 Å². The van der Waals surface area contributed by atoms with Crippen molar-refractivity contribution in [2.24, 2.45) is 0 Å². The van der Waals surface area contributed by atoms with Gasteiger partial charge in [-0.1, -0.05) is 25.4 Å². The molecule has 6 N–H and O–H groups in total. The number of hydrogen-bond acceptors (Lipinski definition) is 10. The average Bonchev–Trinajstić information content (AvgIpc) is 2.71. The van der Waals surface area contributed by atoms with Crippen molar-refractivity contribution in [1.82, 2.24) is 9.97 Å². The van der Waals surface area contributed by atoms with Crippen molar-refractivity contribution in [2.75, 3.05) is 17.2 Å². The van der Waals surface area contributed by atoms with Crippen LogP contribution in [0, 0.1) is 20.2 Å². The van der Waals surface area contributed by atoms with Gasteiger partial charge < -0.3 is 21.9 Å². The van der Waals surface area contributed by atoms with E-state index < -0.39 is 9.85 Å². The number of anilines is 3. The zero-order valence-electron chi connectivity index (χ0n) is 16.6. The molecule has 0 bridgehead atoms. The monoisotopic (exact) mass is 449 g/mol. The van der Waals surface area contributed by atoms with Gasteiger partial charge >= 0.3 is 11.4 Å². The fraction of sp³-hybridized carbons (Fsp3) is 0.111. The van der Waals surface area contributed by atoms with Crippen LogP contribution in [0.5, 0.6) is 11.5 Å². The van der Waals surface area contributed by atoms with Crippen molar-refractivity contribution in [3.8, 4) is 11.5 Å². The topological polar surface area (TPSA) is 199 Å². The van der Waals surface area contributed by atoms with E-state index in [1.165, 1.54) is 24.5 Å². The van der Waals surface area contributed by atoms with Gasteiger partial charge in [-0.05, 0) is 30.3 Å². The van der Waals surface area contributed by atoms with Crippen molar-refractivity contribution in [3.05, 3.63) is 74.0 Å². The Balaban J connectivity index is 0.000000317. The molecule has 13 heteroatoms. The smallest absolute Gasteiger partial charge is 0.353 e. The van der Waals surface area contributed by atoms with Crippen LogP contribution in [0.4, 0.5) is 28.7 Å². The van der Waals surface area contributed by atoms with Gasteiger partial charge in [0.15, 0.2) is 0 Å². The van der Waals surface area contributed by atoms with Crippen molar-refractivity contribution < 1.29 is 14.6 Å². The first-order valence-electron chi connectivity index (χ1n) is 8.67. The van der Waals surface area contributed by atoms with Crippen LogP contribution < -0.4 is 21.9 Å². The number of nitrogens with zero attached hydrogens (tertiary/aromatic N) is 4. The van der Waals surface area contributed by atoms with Gasteiger partial charge in [0.2, 0.25) is 17.4 Å². The lowest BCUT2D eigenvalue weighted by molar-refractivity contribution is -0.384. The second-order valence-corrected chi connectivity index (χ2v) is 5.66. The SMILES string of the molecule is CC.Nc1ccc(Oc2ccnc(N)c2[N+](=O)[O-])cc1.Nc1nccc(Cl)c1[N+](=O)[O-]. The van der Waals surface area contributed by atoms with Gasteiger partial charge in [-0.25, -0.2) is 9.97 Å². The normalized spacial score (nSPS) is 9.39. The van der Waals surface area contributed by atoms with Gasteiger partial charge in [-0.15, -0.1) is 0 Å². The molecule has 31 heavy (non-hydrogen) atoms. The van der Waals surface area contributed by atoms with Crippen LogP contribution in [0.15, 0.2) is 48.8 Å². The summed E-state index contributed by atoms with van der Waals surface area (Å²) >= 11 is 5.46. The molecular weight excluding hydrogens is 430 g/mol. The maximum atomic E-state index is 10.9. The maximum Gasteiger partial charge on any atom is 0.353 e. The number of ether oxygens (including phenoxy) is 1. The number of halogens is 1. The predicted octanol–water partition coefficient (Wildman–Crippen LogP) is 4.20. The number of hydrogen-bond donors (Lipinski definition) is 3. The molecule has 0 unspecified atom stereocenters. The van der Waals surface area contributed by atoms with Gasteiger partial charge in [0, 0.05) is 24.1 Å². The molecule has 0 fully saturated rings.